The number of Topliss-reactive ketones (excluding diaryl/α,β-unsaturated/α-hetero) is 1. The second-order valence-electron chi connectivity index (χ2n) is 3.66. The lowest BCUT2D eigenvalue weighted by Gasteiger charge is -2.01. The van der Waals surface area contributed by atoms with Gasteiger partial charge >= 0.3 is 0 Å². The number of rotatable bonds is 11. The Kier molecular flexibility index (Phi) is 10.2. The van der Waals surface area contributed by atoms with E-state index in [-0.39, 0.29) is 5.78 Å². The van der Waals surface area contributed by atoms with Gasteiger partial charge in [0.05, 0.1) is 0 Å². The third-order valence-electron chi connectivity index (χ3n) is 2.24. The molecule has 17 heavy (non-hydrogen) atoms. The molecular weight excluding hydrogens is 220 g/mol. The van der Waals surface area contributed by atoms with Gasteiger partial charge in [-0.1, -0.05) is 12.1 Å². The van der Waals surface area contributed by atoms with Gasteiger partial charge in [-0.2, -0.15) is 0 Å². The minimum absolute atomic E-state index is 0.0269. The van der Waals surface area contributed by atoms with Crippen LogP contribution in [0.25, 0.3) is 0 Å². The van der Waals surface area contributed by atoms with Gasteiger partial charge in [0.1, 0.15) is 18.9 Å². The molecule has 5 heteroatoms. The maximum absolute atomic E-state index is 11.1. The predicted molar refractivity (Wildman–Crippen MR) is 68.3 cm³/mol. The molecule has 5 nitrogen and oxygen atoms in total. The Balaban J connectivity index is 3.34. The van der Waals surface area contributed by atoms with E-state index in [0.29, 0.717) is 25.3 Å². The smallest absolute Gasteiger partial charge is 0.179 e. The van der Waals surface area contributed by atoms with Crippen LogP contribution in [0.1, 0.15) is 46.0 Å². The molecule has 0 aliphatic rings. The van der Waals surface area contributed by atoms with Gasteiger partial charge < -0.3 is 9.68 Å². The Bertz CT molecular complexity index is 252. The van der Waals surface area contributed by atoms with Crippen molar-refractivity contribution in [1.29, 1.82) is 0 Å². The summed E-state index contributed by atoms with van der Waals surface area (Å²) < 4.78 is 0. The molecule has 0 aromatic rings. The highest BCUT2D eigenvalue weighted by Gasteiger charge is 2.02. The van der Waals surface area contributed by atoms with Gasteiger partial charge in [0, 0.05) is 13.1 Å². The molecule has 0 fully saturated rings. The zero-order valence-corrected chi connectivity index (χ0v) is 10.8. The monoisotopic (exact) mass is 242 g/mol. The van der Waals surface area contributed by atoms with Crippen molar-refractivity contribution in [3.8, 4) is 0 Å². The Labute approximate surface area is 103 Å². The Morgan fingerprint density at radius 3 is 2.24 bits per heavy atom. The van der Waals surface area contributed by atoms with Crippen molar-refractivity contribution < 1.29 is 14.5 Å². The summed E-state index contributed by atoms with van der Waals surface area (Å²) in [4.78, 5) is 20.9. The lowest BCUT2D eigenvalue weighted by atomic mass is 10.2. The quantitative estimate of drug-likeness (QED) is 0.318. The first kappa shape index (κ1) is 15.6. The van der Waals surface area contributed by atoms with Crippen molar-refractivity contribution in [3.05, 3.63) is 0 Å². The Morgan fingerprint density at radius 1 is 1.12 bits per heavy atom. The topological polar surface area (TPSA) is 60.2 Å². The molecule has 0 saturated heterocycles. The molecule has 0 amide bonds. The molecular formula is C12H22N2O3. The standard InChI is InChI=1S/C12H22N2O3/c1-4-12(15)11(2)14-17-10-8-6-5-7-9-16-13-3/h3-10H2,1-2H3/b14-11+. The van der Waals surface area contributed by atoms with Gasteiger partial charge in [0.15, 0.2) is 5.78 Å². The first-order valence-electron chi connectivity index (χ1n) is 6.00. The van der Waals surface area contributed by atoms with E-state index in [0.717, 1.165) is 25.7 Å². The zero-order chi connectivity index (χ0) is 12.9. The van der Waals surface area contributed by atoms with Crippen molar-refractivity contribution in [2.24, 2.45) is 10.3 Å². The first-order valence-corrected chi connectivity index (χ1v) is 6.00. The van der Waals surface area contributed by atoms with Crippen molar-refractivity contribution in [2.75, 3.05) is 13.2 Å². The van der Waals surface area contributed by atoms with Gasteiger partial charge in [-0.15, -0.1) is 5.16 Å². The lowest BCUT2D eigenvalue weighted by Crippen LogP contribution is -2.08. The van der Waals surface area contributed by atoms with Crippen LogP contribution in [0.3, 0.4) is 0 Å². The highest BCUT2D eigenvalue weighted by Crippen LogP contribution is 2.01. The molecule has 0 unspecified atom stereocenters. The largest absolute Gasteiger partial charge is 0.396 e. The van der Waals surface area contributed by atoms with Crippen LogP contribution < -0.4 is 0 Å². The number of ketones is 1. The van der Waals surface area contributed by atoms with Gasteiger partial charge in [0.2, 0.25) is 0 Å². The summed E-state index contributed by atoms with van der Waals surface area (Å²) in [6.45, 7) is 7.87. The van der Waals surface area contributed by atoms with E-state index in [1.807, 2.05) is 6.92 Å². The Hall–Kier alpha value is -1.39. The normalized spacial score (nSPS) is 11.1. The van der Waals surface area contributed by atoms with Crippen molar-refractivity contribution >= 4 is 18.2 Å². The number of nitrogens with zero attached hydrogens (tertiary/aromatic N) is 2. The van der Waals surface area contributed by atoms with Crippen LogP contribution >= 0.6 is 0 Å². The minimum Gasteiger partial charge on any atom is -0.396 e. The molecule has 0 saturated carbocycles. The van der Waals surface area contributed by atoms with Crippen LogP contribution in [-0.2, 0) is 14.5 Å². The van der Waals surface area contributed by atoms with Crippen molar-refractivity contribution in [1.82, 2.24) is 0 Å². The maximum atomic E-state index is 11.1. The summed E-state index contributed by atoms with van der Waals surface area (Å²) in [7, 11) is 0. The van der Waals surface area contributed by atoms with Crippen LogP contribution in [0.4, 0.5) is 0 Å². The molecule has 0 atom stereocenters. The highest BCUT2D eigenvalue weighted by molar-refractivity contribution is 6.38. The third kappa shape index (κ3) is 9.53. The average Bonchev–Trinajstić information content (AvgIpc) is 2.35. The summed E-state index contributed by atoms with van der Waals surface area (Å²) >= 11 is 0. The number of unbranched alkanes of at least 4 members (excludes halogenated alkanes) is 3. The second-order valence-corrected chi connectivity index (χ2v) is 3.66. The van der Waals surface area contributed by atoms with Crippen LogP contribution in [0, 0.1) is 0 Å². The fourth-order valence-corrected chi connectivity index (χ4v) is 1.20. The average molecular weight is 242 g/mol. The van der Waals surface area contributed by atoms with Gasteiger partial charge in [-0.25, -0.2) is 0 Å². The maximum Gasteiger partial charge on any atom is 0.179 e. The SMILES string of the molecule is C=NOCCCCCCO/N=C(\C)C(=O)CC. The molecule has 0 aromatic carbocycles. The molecule has 0 aliphatic heterocycles. The van der Waals surface area contributed by atoms with Crippen LogP contribution in [-0.4, -0.2) is 31.4 Å². The second kappa shape index (κ2) is 11.1. The van der Waals surface area contributed by atoms with E-state index < -0.39 is 0 Å². The third-order valence-corrected chi connectivity index (χ3v) is 2.24. The summed E-state index contributed by atoms with van der Waals surface area (Å²) in [6.07, 6.45) is 4.48. The number of hydrogen-bond acceptors (Lipinski definition) is 5. The van der Waals surface area contributed by atoms with E-state index in [4.69, 9.17) is 9.68 Å². The van der Waals surface area contributed by atoms with E-state index in [2.05, 4.69) is 17.0 Å². The lowest BCUT2D eigenvalue weighted by molar-refractivity contribution is -0.112. The van der Waals surface area contributed by atoms with E-state index in [9.17, 15) is 4.79 Å². The number of hydrogen-bond donors (Lipinski definition) is 0. The fraction of sp³-hybridized carbons (Fsp3) is 0.750. The molecule has 0 radical (unpaired) electrons. The summed E-state index contributed by atoms with van der Waals surface area (Å²) in [5.74, 6) is 0.0269. The molecule has 0 heterocycles. The summed E-state index contributed by atoms with van der Waals surface area (Å²) in [6, 6.07) is 0. The summed E-state index contributed by atoms with van der Waals surface area (Å²) in [5.41, 5.74) is 0.443. The van der Waals surface area contributed by atoms with Gasteiger partial charge in [-0.3, -0.25) is 4.79 Å². The molecule has 0 aromatic heterocycles. The Morgan fingerprint density at radius 2 is 1.71 bits per heavy atom. The summed E-state index contributed by atoms with van der Waals surface area (Å²) in [5, 5.41) is 7.06. The van der Waals surface area contributed by atoms with Gasteiger partial charge in [0.25, 0.3) is 0 Å². The minimum atomic E-state index is 0.0269. The predicted octanol–water partition coefficient (Wildman–Crippen LogP) is 2.55. The number of oxime groups is 2. The van der Waals surface area contributed by atoms with Crippen molar-refractivity contribution in [2.45, 2.75) is 46.0 Å². The van der Waals surface area contributed by atoms with E-state index in [1.165, 1.54) is 0 Å². The number of carbonyl (C=O) groups excluding carboxylic acids is 1. The van der Waals surface area contributed by atoms with Gasteiger partial charge in [-0.05, 0) is 32.6 Å². The molecule has 0 spiro atoms. The molecule has 0 bridgehead atoms. The zero-order valence-electron chi connectivity index (χ0n) is 10.8. The van der Waals surface area contributed by atoms with Crippen LogP contribution in [0.2, 0.25) is 0 Å². The molecule has 0 rings (SSSR count). The fourth-order valence-electron chi connectivity index (χ4n) is 1.20. The molecule has 0 N–H and O–H groups in total. The van der Waals surface area contributed by atoms with E-state index >= 15 is 0 Å². The highest BCUT2D eigenvalue weighted by atomic mass is 16.6. The van der Waals surface area contributed by atoms with Crippen LogP contribution in [0.15, 0.2) is 10.3 Å². The van der Waals surface area contributed by atoms with Crippen LogP contribution in [0.5, 0.6) is 0 Å². The number of carbonyl (C=O) groups is 1. The molecule has 0 aliphatic carbocycles. The van der Waals surface area contributed by atoms with Crippen molar-refractivity contribution in [3.63, 3.8) is 0 Å². The van der Waals surface area contributed by atoms with E-state index in [1.54, 1.807) is 6.92 Å². The first-order chi connectivity index (χ1) is 8.22. The molecule has 98 valence electrons.